The second-order valence-electron chi connectivity index (χ2n) is 6.96. The van der Waals surface area contributed by atoms with E-state index < -0.39 is 0 Å². The van der Waals surface area contributed by atoms with Gasteiger partial charge in [-0.1, -0.05) is 31.5 Å². The average Bonchev–Trinajstić information content (AvgIpc) is 2.49. The summed E-state index contributed by atoms with van der Waals surface area (Å²) < 4.78 is 5.64. The first-order valence-electron chi connectivity index (χ1n) is 8.02. The van der Waals surface area contributed by atoms with Crippen LogP contribution in [0.2, 0.25) is 5.02 Å². The number of halogens is 1. The summed E-state index contributed by atoms with van der Waals surface area (Å²) in [5.74, 6) is 0.632. The van der Waals surface area contributed by atoms with Crippen molar-refractivity contribution >= 4 is 23.6 Å². The van der Waals surface area contributed by atoms with Crippen LogP contribution in [0, 0.1) is 5.41 Å². The minimum atomic E-state index is -0.385. The highest BCUT2D eigenvalue weighted by molar-refractivity contribution is 6.30. The van der Waals surface area contributed by atoms with Gasteiger partial charge in [-0.05, 0) is 48.6 Å². The first-order chi connectivity index (χ1) is 11.2. The van der Waals surface area contributed by atoms with Gasteiger partial charge in [0.2, 0.25) is 5.91 Å². The molecule has 1 aliphatic heterocycles. The summed E-state index contributed by atoms with van der Waals surface area (Å²) >= 11 is 5.99. The highest BCUT2D eigenvalue weighted by Crippen LogP contribution is 2.29. The van der Waals surface area contributed by atoms with Crippen LogP contribution in [0.3, 0.4) is 0 Å². The second-order valence-corrected chi connectivity index (χ2v) is 7.40. The number of hydrogen-bond acceptors (Lipinski definition) is 3. The Morgan fingerprint density at radius 1 is 1.50 bits per heavy atom. The summed E-state index contributed by atoms with van der Waals surface area (Å²) in [5.41, 5.74) is 1.66. The highest BCUT2D eigenvalue weighted by Gasteiger charge is 2.20. The summed E-state index contributed by atoms with van der Waals surface area (Å²) in [4.78, 5) is 12.0. The zero-order chi connectivity index (χ0) is 17.7. The Bertz CT molecular complexity index is 663. The number of carbonyl (C=O) groups excluding carboxylic acids is 1. The Balaban J connectivity index is 1.92. The van der Waals surface area contributed by atoms with E-state index in [-0.39, 0.29) is 17.4 Å². The molecule has 24 heavy (non-hydrogen) atoms. The number of amides is 1. The van der Waals surface area contributed by atoms with E-state index in [0.717, 1.165) is 16.9 Å². The third kappa shape index (κ3) is 5.69. The molecule has 0 bridgehead atoms. The van der Waals surface area contributed by atoms with Gasteiger partial charge in [-0.2, -0.15) is 0 Å². The molecule has 1 aromatic rings. The van der Waals surface area contributed by atoms with Gasteiger partial charge >= 0.3 is 0 Å². The molecule has 0 radical (unpaired) electrons. The molecule has 2 N–H and O–H groups in total. The van der Waals surface area contributed by atoms with Gasteiger partial charge in [0.25, 0.3) is 0 Å². The topological polar surface area (TPSA) is 58.6 Å². The Kier molecular flexibility index (Phi) is 6.08. The molecular weight excluding hydrogens is 326 g/mol. The molecule has 1 atom stereocenters. The summed E-state index contributed by atoms with van der Waals surface area (Å²) in [5, 5.41) is 13.0. The Labute approximate surface area is 148 Å². The van der Waals surface area contributed by atoms with E-state index in [2.05, 4.69) is 5.32 Å². The molecule has 0 fully saturated rings. The lowest BCUT2D eigenvalue weighted by Crippen LogP contribution is -2.34. The Morgan fingerprint density at radius 2 is 2.25 bits per heavy atom. The Hall–Kier alpha value is -1.78. The summed E-state index contributed by atoms with van der Waals surface area (Å²) in [6.07, 6.45) is 5.47. The quantitative estimate of drug-likeness (QED) is 0.772. The number of hydrogen-bond donors (Lipinski definition) is 2. The van der Waals surface area contributed by atoms with Crippen molar-refractivity contribution in [2.75, 3.05) is 13.2 Å². The second kappa shape index (κ2) is 7.86. The van der Waals surface area contributed by atoms with Crippen LogP contribution >= 0.6 is 11.6 Å². The summed E-state index contributed by atoms with van der Waals surface area (Å²) in [6.45, 7) is 6.72. The fraction of sp³-hybridized carbons (Fsp3) is 0.421. The van der Waals surface area contributed by atoms with Gasteiger partial charge in [0, 0.05) is 23.2 Å². The first kappa shape index (κ1) is 18.6. The fourth-order valence-electron chi connectivity index (χ4n) is 2.70. The third-order valence-corrected chi connectivity index (χ3v) is 3.98. The van der Waals surface area contributed by atoms with Crippen LogP contribution in [0.5, 0.6) is 5.75 Å². The van der Waals surface area contributed by atoms with Crippen molar-refractivity contribution in [2.24, 2.45) is 5.41 Å². The molecule has 5 heteroatoms. The van der Waals surface area contributed by atoms with Crippen LogP contribution < -0.4 is 10.1 Å². The zero-order valence-corrected chi connectivity index (χ0v) is 15.1. The molecule has 1 amide bonds. The molecule has 130 valence electrons. The number of fused-ring (bicyclic) bond motifs is 1. The maximum Gasteiger partial charge on any atom is 0.244 e. The number of rotatable bonds is 6. The lowest BCUT2D eigenvalue weighted by atomic mass is 9.87. The van der Waals surface area contributed by atoms with Gasteiger partial charge in [0.15, 0.2) is 0 Å². The predicted octanol–water partition coefficient (Wildman–Crippen LogP) is 3.59. The number of benzene rings is 1. The lowest BCUT2D eigenvalue weighted by molar-refractivity contribution is -0.117. The van der Waals surface area contributed by atoms with Crippen LogP contribution in [0.25, 0.3) is 6.08 Å². The number of carbonyl (C=O) groups is 1. The van der Waals surface area contributed by atoms with Crippen molar-refractivity contribution in [1.29, 1.82) is 0 Å². The van der Waals surface area contributed by atoms with E-state index in [4.69, 9.17) is 16.3 Å². The maximum atomic E-state index is 12.0. The van der Waals surface area contributed by atoms with Crippen molar-refractivity contribution in [3.8, 4) is 5.75 Å². The van der Waals surface area contributed by atoms with Crippen molar-refractivity contribution in [1.82, 2.24) is 5.32 Å². The standard InChI is InChI=1S/C19H24ClNO3/c1-13(22)10-19(2,3)12-21-18(23)7-4-14-8-15-9-16(20)5-6-17(15)24-11-14/h4-9,13,22H,10-12H2,1-3H3,(H,21,23). The molecule has 4 nitrogen and oxygen atoms in total. The van der Waals surface area contributed by atoms with E-state index in [1.165, 1.54) is 6.08 Å². The maximum absolute atomic E-state index is 12.0. The van der Waals surface area contributed by atoms with Crippen LogP contribution in [0.4, 0.5) is 0 Å². The van der Waals surface area contributed by atoms with Gasteiger partial charge in [-0.25, -0.2) is 0 Å². The molecule has 0 aromatic heterocycles. The number of aliphatic hydroxyl groups is 1. The zero-order valence-electron chi connectivity index (χ0n) is 14.3. The van der Waals surface area contributed by atoms with Crippen molar-refractivity contribution in [3.63, 3.8) is 0 Å². The first-order valence-corrected chi connectivity index (χ1v) is 8.40. The SMILES string of the molecule is CC(O)CC(C)(C)CNC(=O)C=CC1=Cc2cc(Cl)ccc2OC1. The molecule has 2 rings (SSSR count). The van der Waals surface area contributed by atoms with Crippen molar-refractivity contribution in [3.05, 3.63) is 46.5 Å². The van der Waals surface area contributed by atoms with Gasteiger partial charge in [0.1, 0.15) is 12.4 Å². The fourth-order valence-corrected chi connectivity index (χ4v) is 2.88. The van der Waals surface area contributed by atoms with Crippen molar-refractivity contribution in [2.45, 2.75) is 33.3 Å². The smallest absolute Gasteiger partial charge is 0.244 e. The molecule has 1 aliphatic rings. The highest BCUT2D eigenvalue weighted by atomic mass is 35.5. The van der Waals surface area contributed by atoms with Crippen LogP contribution in [0.15, 0.2) is 35.9 Å². The average molecular weight is 350 g/mol. The monoisotopic (exact) mass is 349 g/mol. The number of ether oxygens (including phenoxy) is 1. The summed E-state index contributed by atoms with van der Waals surface area (Å²) in [6, 6.07) is 5.46. The molecule has 0 spiro atoms. The van der Waals surface area contributed by atoms with Gasteiger partial charge in [-0.3, -0.25) is 4.79 Å². The van der Waals surface area contributed by atoms with E-state index in [0.29, 0.717) is 24.6 Å². The Morgan fingerprint density at radius 3 is 2.96 bits per heavy atom. The van der Waals surface area contributed by atoms with Crippen LogP contribution in [-0.2, 0) is 4.79 Å². The van der Waals surface area contributed by atoms with Crippen LogP contribution in [0.1, 0.15) is 32.8 Å². The molecule has 1 heterocycles. The molecular formula is C19H24ClNO3. The van der Waals surface area contributed by atoms with Crippen molar-refractivity contribution < 1.29 is 14.6 Å². The normalized spacial score (nSPS) is 15.5. The molecule has 0 saturated carbocycles. The van der Waals surface area contributed by atoms with E-state index in [1.807, 2.05) is 32.1 Å². The van der Waals surface area contributed by atoms with E-state index >= 15 is 0 Å². The van der Waals surface area contributed by atoms with Gasteiger partial charge in [-0.15, -0.1) is 0 Å². The molecule has 1 unspecified atom stereocenters. The summed E-state index contributed by atoms with van der Waals surface area (Å²) in [7, 11) is 0. The minimum Gasteiger partial charge on any atom is -0.488 e. The number of aliphatic hydroxyl groups excluding tert-OH is 1. The van der Waals surface area contributed by atoms with Gasteiger partial charge in [0.05, 0.1) is 6.10 Å². The molecule has 0 aliphatic carbocycles. The number of nitrogens with one attached hydrogen (secondary N) is 1. The third-order valence-electron chi connectivity index (χ3n) is 3.75. The van der Waals surface area contributed by atoms with E-state index in [1.54, 1.807) is 19.1 Å². The largest absolute Gasteiger partial charge is 0.488 e. The lowest BCUT2D eigenvalue weighted by Gasteiger charge is -2.26. The predicted molar refractivity (Wildman–Crippen MR) is 97.2 cm³/mol. The van der Waals surface area contributed by atoms with E-state index in [9.17, 15) is 9.90 Å². The minimum absolute atomic E-state index is 0.152. The van der Waals surface area contributed by atoms with Crippen LogP contribution in [-0.4, -0.2) is 30.3 Å². The molecule has 1 aromatic carbocycles. The molecule has 0 saturated heterocycles. The van der Waals surface area contributed by atoms with Gasteiger partial charge < -0.3 is 15.2 Å².